The van der Waals surface area contributed by atoms with Gasteiger partial charge in [-0.25, -0.2) is 4.79 Å². The smallest absolute Gasteiger partial charge is 0.300 e. The van der Waals surface area contributed by atoms with E-state index in [2.05, 4.69) is 36.8 Å². The zero-order chi connectivity index (χ0) is 17.4. The Bertz CT molecular complexity index is 919. The number of aryl methyl sites for hydroxylation is 2. The van der Waals surface area contributed by atoms with E-state index in [1.165, 1.54) is 5.56 Å². The Morgan fingerprint density at radius 3 is 2.42 bits per heavy atom. The van der Waals surface area contributed by atoms with Crippen LogP contribution in [0.25, 0.3) is 22.3 Å². The lowest BCUT2D eigenvalue weighted by Gasteiger charge is -2.20. The molecule has 0 amide bonds. The van der Waals surface area contributed by atoms with Crippen molar-refractivity contribution in [3.05, 3.63) is 52.6 Å². The molecule has 0 unspecified atom stereocenters. The van der Waals surface area contributed by atoms with Crippen LogP contribution in [0.15, 0.2) is 41.3 Å². The molecular weight excluding hydrogens is 300 g/mol. The van der Waals surface area contributed by atoms with Crippen LogP contribution >= 0.6 is 0 Å². The van der Waals surface area contributed by atoms with Gasteiger partial charge in [-0.05, 0) is 44.7 Å². The number of nitrogens with zero attached hydrogens (tertiary/aromatic N) is 4. The highest BCUT2D eigenvalue weighted by atomic mass is 16.1. The van der Waals surface area contributed by atoms with Gasteiger partial charge in [0, 0.05) is 38.4 Å². The topological polar surface area (TPSA) is 43.1 Å². The molecule has 0 aliphatic heterocycles. The van der Waals surface area contributed by atoms with E-state index in [9.17, 15) is 4.79 Å². The van der Waals surface area contributed by atoms with Gasteiger partial charge < -0.3 is 0 Å². The van der Waals surface area contributed by atoms with Gasteiger partial charge in [-0.15, -0.1) is 0 Å². The van der Waals surface area contributed by atoms with Crippen LogP contribution in [0.2, 0.25) is 0 Å². The molecule has 0 bridgehead atoms. The Morgan fingerprint density at radius 2 is 1.79 bits per heavy atom. The van der Waals surface area contributed by atoms with Crippen LogP contribution in [0.5, 0.6) is 0 Å². The van der Waals surface area contributed by atoms with E-state index in [0.29, 0.717) is 6.04 Å². The highest BCUT2D eigenvalue weighted by Crippen LogP contribution is 2.22. The van der Waals surface area contributed by atoms with Crippen LogP contribution in [-0.2, 0) is 20.6 Å². The maximum atomic E-state index is 12.0. The first kappa shape index (κ1) is 16.5. The lowest BCUT2D eigenvalue weighted by molar-refractivity contribution is 0.265. The fraction of sp³-hybridized carbons (Fsp3) is 0.368. The van der Waals surface area contributed by atoms with Gasteiger partial charge in [0.2, 0.25) is 0 Å². The van der Waals surface area contributed by atoms with Gasteiger partial charge in [0.15, 0.2) is 0 Å². The highest BCUT2D eigenvalue weighted by Gasteiger charge is 2.10. The lowest BCUT2D eigenvalue weighted by Crippen LogP contribution is -2.25. The molecular formula is C19H24N4O. The van der Waals surface area contributed by atoms with Gasteiger partial charge in [-0.2, -0.15) is 0 Å². The van der Waals surface area contributed by atoms with Gasteiger partial charge >= 0.3 is 5.69 Å². The molecule has 2 aromatic heterocycles. The van der Waals surface area contributed by atoms with E-state index in [1.54, 1.807) is 23.2 Å². The highest BCUT2D eigenvalue weighted by molar-refractivity contribution is 5.81. The molecule has 0 aliphatic rings. The van der Waals surface area contributed by atoms with Crippen molar-refractivity contribution in [3.8, 4) is 11.3 Å². The molecule has 0 fully saturated rings. The van der Waals surface area contributed by atoms with Gasteiger partial charge in [0.1, 0.15) is 0 Å². The summed E-state index contributed by atoms with van der Waals surface area (Å²) in [4.78, 5) is 18.9. The summed E-state index contributed by atoms with van der Waals surface area (Å²) in [6.45, 7) is 5.25. The largest absolute Gasteiger partial charge is 0.328 e. The van der Waals surface area contributed by atoms with Crippen LogP contribution < -0.4 is 5.69 Å². The predicted molar refractivity (Wildman–Crippen MR) is 98.0 cm³/mol. The average molecular weight is 324 g/mol. The molecule has 3 rings (SSSR count). The second-order valence-electron chi connectivity index (χ2n) is 6.66. The zero-order valence-corrected chi connectivity index (χ0v) is 14.9. The van der Waals surface area contributed by atoms with E-state index in [-0.39, 0.29) is 5.69 Å². The summed E-state index contributed by atoms with van der Waals surface area (Å²) in [7, 11) is 5.71. The van der Waals surface area contributed by atoms with Crippen molar-refractivity contribution >= 4 is 11.0 Å². The van der Waals surface area contributed by atoms with E-state index < -0.39 is 0 Å². The number of pyridine rings is 1. The van der Waals surface area contributed by atoms with Gasteiger partial charge in [-0.1, -0.05) is 12.1 Å². The summed E-state index contributed by atoms with van der Waals surface area (Å²) >= 11 is 0. The first-order chi connectivity index (χ1) is 11.4. The van der Waals surface area contributed by atoms with Crippen LogP contribution in [0, 0.1) is 0 Å². The molecule has 126 valence electrons. The third-order valence-corrected chi connectivity index (χ3v) is 4.71. The molecule has 2 heterocycles. The Morgan fingerprint density at radius 1 is 1.08 bits per heavy atom. The van der Waals surface area contributed by atoms with Gasteiger partial charge in [-0.3, -0.25) is 19.0 Å². The molecule has 0 aliphatic carbocycles. The number of benzene rings is 1. The molecule has 0 saturated heterocycles. The summed E-state index contributed by atoms with van der Waals surface area (Å²) in [5.41, 5.74) is 4.98. The Kier molecular flexibility index (Phi) is 4.28. The molecule has 0 atom stereocenters. The second-order valence-corrected chi connectivity index (χ2v) is 6.66. The van der Waals surface area contributed by atoms with Gasteiger partial charge in [0.25, 0.3) is 0 Å². The lowest BCUT2D eigenvalue weighted by atomic mass is 10.1. The van der Waals surface area contributed by atoms with Crippen LogP contribution in [0.4, 0.5) is 0 Å². The Hall–Kier alpha value is -2.40. The average Bonchev–Trinajstić information content (AvgIpc) is 2.79. The number of rotatable bonds is 4. The molecule has 5 nitrogen and oxygen atoms in total. The number of hydrogen-bond acceptors (Lipinski definition) is 3. The van der Waals surface area contributed by atoms with Crippen molar-refractivity contribution in [1.82, 2.24) is 19.0 Å². The normalized spacial score (nSPS) is 11.8. The molecule has 1 aromatic carbocycles. The minimum Gasteiger partial charge on any atom is -0.300 e. The number of imidazole rings is 1. The molecule has 5 heteroatoms. The van der Waals surface area contributed by atoms with Crippen LogP contribution in [0.1, 0.15) is 19.4 Å². The molecule has 0 saturated carbocycles. The Labute approximate surface area is 142 Å². The second kappa shape index (κ2) is 6.24. The summed E-state index contributed by atoms with van der Waals surface area (Å²) in [6.07, 6.45) is 1.93. The van der Waals surface area contributed by atoms with Crippen molar-refractivity contribution in [2.24, 2.45) is 14.1 Å². The summed E-state index contributed by atoms with van der Waals surface area (Å²) in [6, 6.07) is 10.7. The van der Waals surface area contributed by atoms with Crippen molar-refractivity contribution in [2.45, 2.75) is 26.4 Å². The van der Waals surface area contributed by atoms with Crippen molar-refractivity contribution in [3.63, 3.8) is 0 Å². The van der Waals surface area contributed by atoms with Crippen LogP contribution in [-0.4, -0.2) is 32.1 Å². The number of aromatic nitrogens is 3. The standard InChI is InChI=1S/C19H24N4O/c1-13(2)21(3)12-14-6-8-16(20-11-14)15-7-9-17-18(10-15)23(5)19(24)22(17)4/h6-11,13H,12H2,1-5H3. The quantitative estimate of drug-likeness (QED) is 0.741. The Balaban J connectivity index is 1.93. The third-order valence-electron chi connectivity index (χ3n) is 4.71. The number of hydrogen-bond donors (Lipinski definition) is 0. The van der Waals surface area contributed by atoms with Crippen molar-refractivity contribution in [1.29, 1.82) is 0 Å². The van der Waals surface area contributed by atoms with Crippen molar-refractivity contribution < 1.29 is 0 Å². The van der Waals surface area contributed by atoms with E-state index in [1.807, 2.05) is 30.5 Å². The zero-order valence-electron chi connectivity index (χ0n) is 14.9. The molecule has 24 heavy (non-hydrogen) atoms. The van der Waals surface area contributed by atoms with E-state index in [0.717, 1.165) is 28.8 Å². The minimum absolute atomic E-state index is 0.0119. The minimum atomic E-state index is -0.0119. The first-order valence-corrected chi connectivity index (χ1v) is 8.19. The third kappa shape index (κ3) is 2.87. The van der Waals surface area contributed by atoms with Gasteiger partial charge in [0.05, 0.1) is 16.7 Å². The predicted octanol–water partition coefficient (Wildman–Crippen LogP) is 2.78. The SMILES string of the molecule is CC(C)N(C)Cc1ccc(-c2ccc3c(c2)n(C)c(=O)n3C)nc1. The van der Waals surface area contributed by atoms with E-state index >= 15 is 0 Å². The maximum absolute atomic E-state index is 12.0. The summed E-state index contributed by atoms with van der Waals surface area (Å²) in [5, 5.41) is 0. The van der Waals surface area contributed by atoms with Crippen LogP contribution in [0.3, 0.4) is 0 Å². The maximum Gasteiger partial charge on any atom is 0.328 e. The monoisotopic (exact) mass is 324 g/mol. The molecule has 3 aromatic rings. The van der Waals surface area contributed by atoms with Crippen molar-refractivity contribution in [2.75, 3.05) is 7.05 Å². The molecule has 0 N–H and O–H groups in total. The fourth-order valence-electron chi connectivity index (χ4n) is 2.83. The first-order valence-electron chi connectivity index (χ1n) is 8.19. The number of fused-ring (bicyclic) bond motifs is 1. The fourth-order valence-corrected chi connectivity index (χ4v) is 2.83. The molecule has 0 radical (unpaired) electrons. The van der Waals surface area contributed by atoms with E-state index in [4.69, 9.17) is 0 Å². The summed E-state index contributed by atoms with van der Waals surface area (Å²) < 4.78 is 3.34. The molecule has 0 spiro atoms. The summed E-state index contributed by atoms with van der Waals surface area (Å²) in [5.74, 6) is 0.